The lowest BCUT2D eigenvalue weighted by molar-refractivity contribution is -0.137. The van der Waals surface area contributed by atoms with Crippen molar-refractivity contribution >= 4 is 35.0 Å². The van der Waals surface area contributed by atoms with Crippen molar-refractivity contribution in [3.63, 3.8) is 0 Å². The quantitative estimate of drug-likeness (QED) is 0.456. The van der Waals surface area contributed by atoms with E-state index in [1.165, 1.54) is 38.8 Å². The minimum absolute atomic E-state index is 0.222. The monoisotopic (exact) mass is 451 g/mol. The highest BCUT2D eigenvalue weighted by Crippen LogP contribution is 2.42. The number of nitrogens with zero attached hydrogens (tertiary/aromatic N) is 1. The molecule has 1 aromatic carbocycles. The zero-order chi connectivity index (χ0) is 22.5. The zero-order valence-electron chi connectivity index (χ0n) is 18.7. The summed E-state index contributed by atoms with van der Waals surface area (Å²) in [5.41, 5.74) is 6.63. The fourth-order valence-corrected chi connectivity index (χ4v) is 5.52. The number of carbonyl (C=O) groups excluding carboxylic acids is 2. The van der Waals surface area contributed by atoms with Gasteiger partial charge in [0, 0.05) is 28.9 Å². The average molecular weight is 452 g/mol. The van der Waals surface area contributed by atoms with E-state index in [1.54, 1.807) is 16.2 Å². The molecule has 0 unspecified atom stereocenters. The van der Waals surface area contributed by atoms with E-state index in [0.29, 0.717) is 26.3 Å². The molecule has 6 heteroatoms. The van der Waals surface area contributed by atoms with Gasteiger partial charge >= 0.3 is 12.1 Å². The first-order valence-electron chi connectivity index (χ1n) is 11.3. The maximum absolute atomic E-state index is 12.2. The molecular weight excluding hydrogens is 422 g/mol. The number of fused-ring (bicyclic) bond motifs is 2. The molecule has 2 heterocycles. The van der Waals surface area contributed by atoms with E-state index in [0.717, 1.165) is 30.6 Å². The molecule has 0 bridgehead atoms. The summed E-state index contributed by atoms with van der Waals surface area (Å²) < 4.78 is 10.2. The number of likely N-dealkylation sites (tertiary alicyclic amines) is 1. The summed E-state index contributed by atoms with van der Waals surface area (Å²) in [5.74, 6) is -0.314. The molecule has 168 valence electrons. The number of piperidine rings is 1. The van der Waals surface area contributed by atoms with Crippen LogP contribution >= 0.6 is 11.3 Å². The highest BCUT2D eigenvalue weighted by molar-refractivity contribution is 7.13. The maximum atomic E-state index is 12.2. The van der Waals surface area contributed by atoms with Crippen LogP contribution in [0, 0.1) is 0 Å². The molecule has 1 aromatic heterocycles. The van der Waals surface area contributed by atoms with Crippen LogP contribution < -0.4 is 0 Å². The summed E-state index contributed by atoms with van der Waals surface area (Å²) in [7, 11) is 0. The Kier molecular flexibility index (Phi) is 7.10. The third-order valence-electron chi connectivity index (χ3n) is 5.92. The van der Waals surface area contributed by atoms with Crippen molar-refractivity contribution in [3.8, 4) is 0 Å². The SMILES string of the molecule is CCOC(=O)/C=C/c1cc2c(s1)CCc1ccccc1C2=C1CCN(C(=O)OCC)CC1. The average Bonchev–Trinajstić information content (AvgIpc) is 3.14. The molecule has 4 rings (SSSR count). The molecule has 0 radical (unpaired) electrons. The predicted octanol–water partition coefficient (Wildman–Crippen LogP) is 5.48. The fourth-order valence-electron chi connectivity index (χ4n) is 4.45. The Labute approximate surface area is 193 Å². The van der Waals surface area contributed by atoms with E-state index in [2.05, 4.69) is 30.3 Å². The van der Waals surface area contributed by atoms with E-state index in [-0.39, 0.29) is 12.1 Å². The lowest BCUT2D eigenvalue weighted by Crippen LogP contribution is -2.37. The highest BCUT2D eigenvalue weighted by atomic mass is 32.1. The van der Waals surface area contributed by atoms with Gasteiger partial charge in [-0.25, -0.2) is 9.59 Å². The van der Waals surface area contributed by atoms with Crippen molar-refractivity contribution in [3.05, 3.63) is 68.4 Å². The van der Waals surface area contributed by atoms with Gasteiger partial charge in [0.2, 0.25) is 0 Å². The van der Waals surface area contributed by atoms with Crippen LogP contribution in [0.3, 0.4) is 0 Å². The largest absolute Gasteiger partial charge is 0.463 e. The van der Waals surface area contributed by atoms with Gasteiger partial charge in [-0.2, -0.15) is 0 Å². The van der Waals surface area contributed by atoms with Crippen LogP contribution in [0.1, 0.15) is 53.1 Å². The Morgan fingerprint density at radius 2 is 1.75 bits per heavy atom. The van der Waals surface area contributed by atoms with E-state index in [4.69, 9.17) is 9.47 Å². The molecule has 1 aliphatic carbocycles. The molecule has 0 atom stereocenters. The van der Waals surface area contributed by atoms with Gasteiger partial charge in [-0.3, -0.25) is 0 Å². The summed E-state index contributed by atoms with van der Waals surface area (Å²) in [6.07, 6.45) is 6.80. The standard InChI is InChI=1S/C26H29NO4S/c1-3-30-24(28)12-10-20-17-22-23(32-20)11-9-18-7-5-6-8-21(18)25(22)19-13-15-27(16-14-19)26(29)31-4-2/h5-8,10,12,17H,3-4,9,11,13-16H2,1-2H3/b12-10+. The van der Waals surface area contributed by atoms with Gasteiger partial charge < -0.3 is 14.4 Å². The van der Waals surface area contributed by atoms with Gasteiger partial charge in [-0.05, 0) is 73.9 Å². The van der Waals surface area contributed by atoms with E-state index >= 15 is 0 Å². The first-order valence-corrected chi connectivity index (χ1v) is 12.1. The molecule has 5 nitrogen and oxygen atoms in total. The lowest BCUT2D eigenvalue weighted by atomic mass is 9.87. The van der Waals surface area contributed by atoms with Crippen LogP contribution in [0.15, 0.2) is 42.0 Å². The fraction of sp³-hybridized carbons (Fsp3) is 0.385. The second kappa shape index (κ2) is 10.2. The second-order valence-electron chi connectivity index (χ2n) is 7.89. The number of benzene rings is 1. The number of rotatable bonds is 4. The van der Waals surface area contributed by atoms with Crippen molar-refractivity contribution in [2.24, 2.45) is 0 Å². The minimum atomic E-state index is -0.314. The summed E-state index contributed by atoms with van der Waals surface area (Å²) in [6.45, 7) is 5.77. The Morgan fingerprint density at radius 1 is 1.00 bits per heavy atom. The minimum Gasteiger partial charge on any atom is -0.463 e. The lowest BCUT2D eigenvalue weighted by Gasteiger charge is -2.29. The maximum Gasteiger partial charge on any atom is 0.409 e. The molecule has 1 amide bonds. The van der Waals surface area contributed by atoms with E-state index in [9.17, 15) is 9.59 Å². The van der Waals surface area contributed by atoms with Gasteiger partial charge in [0.15, 0.2) is 0 Å². The molecule has 1 saturated heterocycles. The van der Waals surface area contributed by atoms with Gasteiger partial charge in [0.05, 0.1) is 13.2 Å². The molecule has 1 aliphatic heterocycles. The first-order chi connectivity index (χ1) is 15.6. The van der Waals surface area contributed by atoms with Gasteiger partial charge in [0.1, 0.15) is 0 Å². The first kappa shape index (κ1) is 22.3. The number of amides is 1. The molecule has 32 heavy (non-hydrogen) atoms. The van der Waals surface area contributed by atoms with Crippen LogP contribution in [0.25, 0.3) is 11.6 Å². The van der Waals surface area contributed by atoms with Crippen molar-refractivity contribution in [2.75, 3.05) is 26.3 Å². The zero-order valence-corrected chi connectivity index (χ0v) is 19.5. The Balaban J connectivity index is 1.69. The third-order valence-corrected chi connectivity index (χ3v) is 7.08. The van der Waals surface area contributed by atoms with Crippen molar-refractivity contribution in [1.29, 1.82) is 0 Å². The number of aryl methyl sites for hydroxylation is 2. The number of thiophene rings is 1. The number of carbonyl (C=O) groups is 2. The van der Waals surface area contributed by atoms with Gasteiger partial charge in [-0.1, -0.05) is 29.8 Å². The molecule has 0 saturated carbocycles. The van der Waals surface area contributed by atoms with Gasteiger partial charge in [0.25, 0.3) is 0 Å². The Morgan fingerprint density at radius 3 is 2.50 bits per heavy atom. The van der Waals surface area contributed by atoms with Crippen LogP contribution in [0.2, 0.25) is 0 Å². The van der Waals surface area contributed by atoms with Crippen molar-refractivity contribution in [1.82, 2.24) is 4.90 Å². The molecule has 2 aliphatic rings. The topological polar surface area (TPSA) is 55.8 Å². The molecule has 0 spiro atoms. The Hall–Kier alpha value is -2.86. The smallest absolute Gasteiger partial charge is 0.409 e. The molecule has 0 N–H and O–H groups in total. The van der Waals surface area contributed by atoms with Crippen LogP contribution in [0.5, 0.6) is 0 Å². The van der Waals surface area contributed by atoms with Crippen molar-refractivity contribution < 1.29 is 19.1 Å². The molecule has 1 fully saturated rings. The normalized spacial score (nSPS) is 15.9. The van der Waals surface area contributed by atoms with E-state index < -0.39 is 0 Å². The summed E-state index contributed by atoms with van der Waals surface area (Å²) in [4.78, 5) is 28.1. The highest BCUT2D eigenvalue weighted by Gasteiger charge is 2.27. The number of ether oxygens (including phenoxy) is 2. The number of hydrogen-bond donors (Lipinski definition) is 0. The predicted molar refractivity (Wildman–Crippen MR) is 128 cm³/mol. The Bertz CT molecular complexity index is 1060. The molecular formula is C26H29NO4S. The van der Waals surface area contributed by atoms with Crippen molar-refractivity contribution in [2.45, 2.75) is 39.5 Å². The van der Waals surface area contributed by atoms with Crippen LogP contribution in [-0.4, -0.2) is 43.3 Å². The van der Waals surface area contributed by atoms with E-state index in [1.807, 2.05) is 19.9 Å². The summed E-state index contributed by atoms with van der Waals surface area (Å²) in [6, 6.07) is 10.9. The second-order valence-corrected chi connectivity index (χ2v) is 9.06. The van der Waals surface area contributed by atoms with Crippen LogP contribution in [-0.2, 0) is 27.1 Å². The van der Waals surface area contributed by atoms with Crippen LogP contribution in [0.4, 0.5) is 4.79 Å². The summed E-state index contributed by atoms with van der Waals surface area (Å²) >= 11 is 1.75. The number of hydrogen-bond acceptors (Lipinski definition) is 5. The third kappa shape index (κ3) is 4.80. The number of esters is 1. The van der Waals surface area contributed by atoms with Gasteiger partial charge in [-0.15, -0.1) is 11.3 Å². The summed E-state index contributed by atoms with van der Waals surface area (Å²) in [5, 5.41) is 0. The molecule has 2 aromatic rings.